The van der Waals surface area contributed by atoms with Gasteiger partial charge < -0.3 is 9.15 Å². The lowest BCUT2D eigenvalue weighted by Crippen LogP contribution is -2.53. The Morgan fingerprint density at radius 1 is 1.28 bits per heavy atom. The Labute approximate surface area is 144 Å². The van der Waals surface area contributed by atoms with Crippen molar-refractivity contribution in [2.75, 3.05) is 13.1 Å². The Balaban J connectivity index is 1.58. The Kier molecular flexibility index (Phi) is 3.88. The van der Waals surface area contributed by atoms with Crippen LogP contribution in [-0.2, 0) is 24.4 Å². The van der Waals surface area contributed by atoms with E-state index >= 15 is 0 Å². The molecule has 1 spiro atoms. The second kappa shape index (κ2) is 5.96. The molecule has 8 heteroatoms. The van der Waals surface area contributed by atoms with Crippen LogP contribution < -0.4 is 11.1 Å². The van der Waals surface area contributed by atoms with Crippen molar-refractivity contribution in [3.8, 4) is 0 Å². The molecule has 8 nitrogen and oxygen atoms in total. The van der Waals surface area contributed by atoms with Crippen molar-refractivity contribution in [3.63, 3.8) is 0 Å². The van der Waals surface area contributed by atoms with E-state index < -0.39 is 16.7 Å². The number of aromatic nitrogens is 3. The molecule has 134 valence electrons. The smallest absolute Gasteiger partial charge is 0.332 e. The largest absolute Gasteiger partial charge is 0.472 e. The maximum absolute atomic E-state index is 12.5. The molecule has 0 saturated carbocycles. The van der Waals surface area contributed by atoms with Gasteiger partial charge in [0.25, 0.3) is 0 Å². The molecule has 0 amide bonds. The Hall–Kier alpha value is -2.19. The molecule has 2 aromatic heterocycles. The molecule has 0 aliphatic carbocycles. The minimum atomic E-state index is -0.566. The predicted molar refractivity (Wildman–Crippen MR) is 89.3 cm³/mol. The van der Waals surface area contributed by atoms with E-state index in [2.05, 4.69) is 10.00 Å². The van der Waals surface area contributed by atoms with Crippen molar-refractivity contribution >= 4 is 0 Å². The monoisotopic (exact) mass is 346 g/mol. The molecular weight excluding hydrogens is 324 g/mol. The van der Waals surface area contributed by atoms with Crippen molar-refractivity contribution in [1.82, 2.24) is 19.2 Å². The molecule has 4 rings (SSSR count). The first-order valence-electron chi connectivity index (χ1n) is 8.57. The number of nitrogens with zero attached hydrogens (tertiary/aromatic N) is 4. The standard InChI is InChI=1S/C17H22N4O4/c1-12(2)21-16(23)15(22)20-11-17(25-9-14(20)18-21)4-5-19(10-17)7-13-3-6-24-8-13/h3,6,8,12H,4-5,7,9-11H2,1-2H3/t17-/m0/s1. The first kappa shape index (κ1) is 16.3. The molecule has 2 aromatic rings. The summed E-state index contributed by atoms with van der Waals surface area (Å²) in [4.78, 5) is 27.1. The van der Waals surface area contributed by atoms with E-state index in [0.717, 1.165) is 31.6 Å². The fourth-order valence-corrected chi connectivity index (χ4v) is 3.68. The highest BCUT2D eigenvalue weighted by Gasteiger charge is 2.43. The van der Waals surface area contributed by atoms with Crippen molar-refractivity contribution < 1.29 is 9.15 Å². The van der Waals surface area contributed by atoms with Crippen LogP contribution in [0.15, 0.2) is 32.6 Å². The van der Waals surface area contributed by atoms with Gasteiger partial charge in [0.05, 0.1) is 25.1 Å². The molecule has 0 aromatic carbocycles. The van der Waals surface area contributed by atoms with Gasteiger partial charge in [-0.1, -0.05) is 0 Å². The highest BCUT2D eigenvalue weighted by molar-refractivity contribution is 5.07. The van der Waals surface area contributed by atoms with Crippen LogP contribution in [0.1, 0.15) is 37.7 Å². The van der Waals surface area contributed by atoms with Crippen molar-refractivity contribution in [1.29, 1.82) is 0 Å². The lowest BCUT2D eigenvalue weighted by atomic mass is 10.0. The summed E-state index contributed by atoms with van der Waals surface area (Å²) >= 11 is 0. The Morgan fingerprint density at radius 2 is 2.12 bits per heavy atom. The molecule has 25 heavy (non-hydrogen) atoms. The predicted octanol–water partition coefficient (Wildman–Crippen LogP) is 0.754. The Morgan fingerprint density at radius 3 is 2.84 bits per heavy atom. The molecule has 0 unspecified atom stereocenters. The van der Waals surface area contributed by atoms with E-state index in [0.29, 0.717) is 12.4 Å². The molecule has 1 fully saturated rings. The first-order valence-corrected chi connectivity index (χ1v) is 8.57. The summed E-state index contributed by atoms with van der Waals surface area (Å²) in [6, 6.07) is 1.80. The zero-order valence-corrected chi connectivity index (χ0v) is 14.5. The molecule has 2 aliphatic heterocycles. The second-order valence-electron chi connectivity index (χ2n) is 7.21. The van der Waals surface area contributed by atoms with Gasteiger partial charge in [-0.25, -0.2) is 4.68 Å². The van der Waals surface area contributed by atoms with Gasteiger partial charge in [0.2, 0.25) is 0 Å². The summed E-state index contributed by atoms with van der Waals surface area (Å²) in [5, 5.41) is 4.32. The van der Waals surface area contributed by atoms with Crippen LogP contribution in [0.2, 0.25) is 0 Å². The van der Waals surface area contributed by atoms with Crippen LogP contribution in [-0.4, -0.2) is 37.9 Å². The van der Waals surface area contributed by atoms with Gasteiger partial charge in [0.15, 0.2) is 5.82 Å². The quantitative estimate of drug-likeness (QED) is 0.763. The van der Waals surface area contributed by atoms with Crippen LogP contribution in [0, 0.1) is 0 Å². The number of hydrogen-bond donors (Lipinski definition) is 0. The molecule has 4 heterocycles. The van der Waals surface area contributed by atoms with Gasteiger partial charge in [-0.15, -0.1) is 0 Å². The van der Waals surface area contributed by atoms with Crippen LogP contribution >= 0.6 is 0 Å². The average molecular weight is 346 g/mol. The van der Waals surface area contributed by atoms with Crippen molar-refractivity contribution in [2.24, 2.45) is 0 Å². The summed E-state index contributed by atoms with van der Waals surface area (Å²) < 4.78 is 14.0. The Bertz CT molecular complexity index is 883. The summed E-state index contributed by atoms with van der Waals surface area (Å²) in [6.45, 7) is 6.69. The SMILES string of the molecule is CC(C)n1nc2n(c(=O)c1=O)C[C@@]1(CCN(Cc3ccoc3)C1)OC2. The molecule has 2 aliphatic rings. The third-order valence-corrected chi connectivity index (χ3v) is 5.00. The van der Waals surface area contributed by atoms with Crippen molar-refractivity contribution in [2.45, 2.75) is 51.6 Å². The molecule has 1 saturated heterocycles. The maximum Gasteiger partial charge on any atom is 0.332 e. The molecule has 0 bridgehead atoms. The van der Waals surface area contributed by atoms with Gasteiger partial charge in [0, 0.05) is 25.2 Å². The maximum atomic E-state index is 12.5. The van der Waals surface area contributed by atoms with E-state index in [9.17, 15) is 9.59 Å². The normalized spacial score (nSPS) is 23.5. The lowest BCUT2D eigenvalue weighted by Gasteiger charge is -2.35. The van der Waals surface area contributed by atoms with Crippen LogP contribution in [0.3, 0.4) is 0 Å². The molecular formula is C17H22N4O4. The lowest BCUT2D eigenvalue weighted by molar-refractivity contribution is -0.0860. The van der Waals surface area contributed by atoms with Gasteiger partial charge in [-0.05, 0) is 26.3 Å². The van der Waals surface area contributed by atoms with Gasteiger partial charge in [-0.2, -0.15) is 5.10 Å². The number of hydrogen-bond acceptors (Lipinski definition) is 6. The van der Waals surface area contributed by atoms with Crippen LogP contribution in [0.25, 0.3) is 0 Å². The highest BCUT2D eigenvalue weighted by Crippen LogP contribution is 2.31. The van der Waals surface area contributed by atoms with Crippen molar-refractivity contribution in [3.05, 3.63) is 50.7 Å². The van der Waals surface area contributed by atoms with E-state index in [4.69, 9.17) is 9.15 Å². The minimum Gasteiger partial charge on any atom is -0.472 e. The number of furan rings is 1. The highest BCUT2D eigenvalue weighted by atomic mass is 16.5. The number of ether oxygens (including phenoxy) is 1. The summed E-state index contributed by atoms with van der Waals surface area (Å²) in [7, 11) is 0. The number of rotatable bonds is 3. The third-order valence-electron chi connectivity index (χ3n) is 5.00. The number of likely N-dealkylation sites (tertiary alicyclic amines) is 1. The fourth-order valence-electron chi connectivity index (χ4n) is 3.68. The fraction of sp³-hybridized carbons (Fsp3) is 0.588. The molecule has 0 radical (unpaired) electrons. The average Bonchev–Trinajstić information content (AvgIpc) is 3.22. The van der Waals surface area contributed by atoms with E-state index in [1.165, 1.54) is 9.25 Å². The van der Waals surface area contributed by atoms with Gasteiger partial charge in [-0.3, -0.25) is 19.1 Å². The summed E-state index contributed by atoms with van der Waals surface area (Å²) in [5.74, 6) is 0.525. The van der Waals surface area contributed by atoms with Gasteiger partial charge >= 0.3 is 11.1 Å². The first-order chi connectivity index (χ1) is 12.0. The molecule has 1 atom stereocenters. The number of fused-ring (bicyclic) bond motifs is 1. The van der Waals surface area contributed by atoms with Crippen LogP contribution in [0.5, 0.6) is 0 Å². The minimum absolute atomic E-state index is 0.154. The molecule has 0 N–H and O–H groups in total. The van der Waals surface area contributed by atoms with Crippen LogP contribution in [0.4, 0.5) is 0 Å². The zero-order valence-electron chi connectivity index (χ0n) is 14.5. The van der Waals surface area contributed by atoms with Gasteiger partial charge in [0.1, 0.15) is 12.2 Å². The third kappa shape index (κ3) is 2.85. The summed E-state index contributed by atoms with van der Waals surface area (Å²) in [6.07, 6.45) is 4.23. The zero-order chi connectivity index (χ0) is 17.6. The topological polar surface area (TPSA) is 82.5 Å². The second-order valence-corrected chi connectivity index (χ2v) is 7.21. The van der Waals surface area contributed by atoms with E-state index in [-0.39, 0.29) is 12.6 Å². The summed E-state index contributed by atoms with van der Waals surface area (Å²) in [5.41, 5.74) is -0.385. The van der Waals surface area contributed by atoms with E-state index in [1.807, 2.05) is 19.9 Å². The van der Waals surface area contributed by atoms with E-state index in [1.54, 1.807) is 12.5 Å².